The molecule has 0 fully saturated rings. The predicted octanol–water partition coefficient (Wildman–Crippen LogP) is -2.04. The minimum absolute atomic E-state index is 0.200. The average molecular weight is 263 g/mol. The van der Waals surface area contributed by atoms with Crippen molar-refractivity contribution in [3.63, 3.8) is 0 Å². The normalized spacial score (nSPS) is 10.0. The van der Waals surface area contributed by atoms with Crippen LogP contribution in [-0.2, 0) is 6.61 Å². The zero-order chi connectivity index (χ0) is 8.43. The fraction of sp³-hybridized carbons (Fsp3) is 0.200. The summed E-state index contributed by atoms with van der Waals surface area (Å²) >= 11 is 0.982. The fourth-order valence-corrected chi connectivity index (χ4v) is 1.14. The molecule has 58 valence electrons. The van der Waals surface area contributed by atoms with E-state index in [1.165, 1.54) is 6.20 Å². The van der Waals surface area contributed by atoms with E-state index in [1.54, 1.807) is 0 Å². The maximum atomic E-state index is 11.0. The Morgan fingerprint density at radius 2 is 2.27 bits per heavy atom. The number of nitrogens with zero attached hydrogens (tertiary/aromatic N) is 1. The molecule has 1 aromatic heterocycles. The zero-order valence-electron chi connectivity index (χ0n) is 5.44. The van der Waals surface area contributed by atoms with Gasteiger partial charge in [0.25, 0.3) is 0 Å². The summed E-state index contributed by atoms with van der Waals surface area (Å²) in [6.07, 6.45) is 1.22. The Bertz CT molecular complexity index is 367. The average Bonchev–Trinajstić information content (AvgIpc) is 2.01. The van der Waals surface area contributed by atoms with Gasteiger partial charge < -0.3 is 0 Å². The van der Waals surface area contributed by atoms with Crippen LogP contribution in [0.25, 0.3) is 0 Å². The van der Waals surface area contributed by atoms with Crippen LogP contribution in [0.4, 0.5) is 0 Å². The van der Waals surface area contributed by atoms with E-state index >= 15 is 0 Å². The summed E-state index contributed by atoms with van der Waals surface area (Å²) in [5.74, 6) is 0. The molecule has 0 unspecified atom stereocenters. The SMILES string of the molecule is O=c1[nH]cc(CO)c(=O)[n]1[Sb]. The molecular weight excluding hydrogens is 258 g/mol. The van der Waals surface area contributed by atoms with Gasteiger partial charge in [-0.05, 0) is 0 Å². The van der Waals surface area contributed by atoms with Crippen molar-refractivity contribution in [2.45, 2.75) is 6.61 Å². The Balaban J connectivity index is 3.50. The van der Waals surface area contributed by atoms with Crippen molar-refractivity contribution in [2.75, 3.05) is 0 Å². The van der Waals surface area contributed by atoms with Crippen molar-refractivity contribution in [3.05, 3.63) is 32.6 Å². The molecule has 0 aliphatic rings. The van der Waals surface area contributed by atoms with Crippen LogP contribution < -0.4 is 11.2 Å². The van der Waals surface area contributed by atoms with E-state index in [1.807, 2.05) is 0 Å². The van der Waals surface area contributed by atoms with E-state index in [4.69, 9.17) is 5.11 Å². The number of aliphatic hydroxyl groups is 1. The first-order chi connectivity index (χ1) is 5.16. The molecule has 0 aliphatic carbocycles. The van der Waals surface area contributed by atoms with Crippen molar-refractivity contribution in [1.82, 2.24) is 7.71 Å². The summed E-state index contributed by atoms with van der Waals surface area (Å²) in [6, 6.07) is 0. The van der Waals surface area contributed by atoms with Gasteiger partial charge in [0.2, 0.25) is 0 Å². The summed E-state index contributed by atoms with van der Waals surface area (Å²) in [5.41, 5.74) is -0.697. The first kappa shape index (κ1) is 8.55. The van der Waals surface area contributed by atoms with Gasteiger partial charge in [0.15, 0.2) is 0 Å². The zero-order valence-corrected chi connectivity index (χ0v) is 8.00. The Morgan fingerprint density at radius 1 is 1.64 bits per heavy atom. The summed E-state index contributed by atoms with van der Waals surface area (Å²) in [4.78, 5) is 24.1. The standard InChI is InChI=1S/C5H6N2O3.Sb/c8-2-3-1-6-5(10)7-4(3)9;/h1,8H,2H2,(H2,6,7,9,10);/q;+1/p-1. The third kappa shape index (κ3) is 1.54. The van der Waals surface area contributed by atoms with E-state index in [9.17, 15) is 9.59 Å². The van der Waals surface area contributed by atoms with E-state index in [0.717, 1.165) is 26.0 Å². The summed E-state index contributed by atoms with van der Waals surface area (Å²) < 4.78 is 0.958. The number of nitrogens with one attached hydrogen (secondary N) is 1. The number of rotatable bonds is 1. The topological polar surface area (TPSA) is 75.1 Å². The van der Waals surface area contributed by atoms with Crippen molar-refractivity contribution in [2.24, 2.45) is 0 Å². The Hall–Kier alpha value is -0.542. The second kappa shape index (κ2) is 3.24. The molecule has 0 saturated carbocycles. The van der Waals surface area contributed by atoms with Gasteiger partial charge in [-0.3, -0.25) is 0 Å². The molecule has 2 radical (unpaired) electrons. The molecule has 5 nitrogen and oxygen atoms in total. The van der Waals surface area contributed by atoms with Crippen LogP contribution in [0.2, 0.25) is 0 Å². The molecule has 0 aliphatic heterocycles. The molecule has 0 bridgehead atoms. The molecule has 0 saturated heterocycles. The van der Waals surface area contributed by atoms with Crippen LogP contribution in [0, 0.1) is 0 Å². The Labute approximate surface area is 75.5 Å². The monoisotopic (exact) mass is 262 g/mol. The van der Waals surface area contributed by atoms with E-state index in [-0.39, 0.29) is 12.2 Å². The van der Waals surface area contributed by atoms with E-state index < -0.39 is 11.2 Å². The van der Waals surface area contributed by atoms with Crippen molar-refractivity contribution in [3.8, 4) is 0 Å². The second-order valence-corrected chi connectivity index (χ2v) is 3.04. The van der Waals surface area contributed by atoms with Crippen LogP contribution in [-0.4, -0.2) is 36.1 Å². The fourth-order valence-electron chi connectivity index (χ4n) is 0.613. The molecule has 0 amide bonds. The minimum atomic E-state index is -0.457. The molecule has 1 heterocycles. The van der Waals surface area contributed by atoms with Gasteiger partial charge in [-0.2, -0.15) is 0 Å². The molecule has 6 heteroatoms. The molecule has 1 aromatic rings. The molecule has 0 spiro atoms. The van der Waals surface area contributed by atoms with Gasteiger partial charge in [-0.25, -0.2) is 0 Å². The predicted molar refractivity (Wildman–Crippen MR) is 38.4 cm³/mol. The first-order valence-electron chi connectivity index (χ1n) is 2.80. The van der Waals surface area contributed by atoms with Gasteiger partial charge >= 0.3 is 75.3 Å². The van der Waals surface area contributed by atoms with Crippen molar-refractivity contribution in [1.29, 1.82) is 0 Å². The molecule has 0 atom stereocenters. The number of aliphatic hydroxyl groups excluding tert-OH is 1. The molecular formula is C5H5N2O3Sb. The summed E-state index contributed by atoms with van der Waals surface area (Å²) in [6.45, 7) is -0.350. The van der Waals surface area contributed by atoms with Gasteiger partial charge in [-0.1, -0.05) is 0 Å². The van der Waals surface area contributed by atoms with Crippen LogP contribution in [0.1, 0.15) is 5.56 Å². The second-order valence-electron chi connectivity index (χ2n) is 1.89. The number of H-pyrrole nitrogens is 1. The Morgan fingerprint density at radius 3 is 2.82 bits per heavy atom. The number of hydrogen-bond donors (Lipinski definition) is 2. The quantitative estimate of drug-likeness (QED) is 0.573. The summed E-state index contributed by atoms with van der Waals surface area (Å²) in [5, 5.41) is 8.60. The molecule has 2 N–H and O–H groups in total. The number of aromatic nitrogens is 2. The van der Waals surface area contributed by atoms with Gasteiger partial charge in [0.1, 0.15) is 0 Å². The van der Waals surface area contributed by atoms with E-state index in [0.29, 0.717) is 0 Å². The first-order valence-corrected chi connectivity index (χ1v) is 3.94. The van der Waals surface area contributed by atoms with Crippen LogP contribution in [0.3, 0.4) is 0 Å². The van der Waals surface area contributed by atoms with E-state index in [2.05, 4.69) is 4.98 Å². The number of hydrogen-bond acceptors (Lipinski definition) is 3. The Kier molecular flexibility index (Phi) is 2.52. The van der Waals surface area contributed by atoms with Crippen molar-refractivity contribution >= 4 is 23.3 Å². The molecule has 0 aromatic carbocycles. The number of aromatic amines is 1. The third-order valence-electron chi connectivity index (χ3n) is 1.20. The molecule has 11 heavy (non-hydrogen) atoms. The maximum absolute atomic E-state index is 11.0. The summed E-state index contributed by atoms with van der Waals surface area (Å²) in [7, 11) is 0. The van der Waals surface area contributed by atoms with Crippen LogP contribution in [0.5, 0.6) is 0 Å². The third-order valence-corrected chi connectivity index (χ3v) is 2.24. The van der Waals surface area contributed by atoms with Gasteiger partial charge in [0, 0.05) is 0 Å². The molecule has 1 rings (SSSR count). The van der Waals surface area contributed by atoms with Gasteiger partial charge in [-0.15, -0.1) is 0 Å². The van der Waals surface area contributed by atoms with Crippen molar-refractivity contribution < 1.29 is 5.11 Å². The van der Waals surface area contributed by atoms with Crippen LogP contribution in [0.15, 0.2) is 15.8 Å². The van der Waals surface area contributed by atoms with Gasteiger partial charge in [0.05, 0.1) is 0 Å². The van der Waals surface area contributed by atoms with Crippen LogP contribution >= 0.6 is 0 Å².